The molecule has 1 fully saturated rings. The Hall–Kier alpha value is -0.940. The molecule has 1 aliphatic carbocycles. The number of aliphatic hydroxyl groups excluding tert-OH is 1. The third-order valence-electron chi connectivity index (χ3n) is 3.26. The van der Waals surface area contributed by atoms with Crippen LogP contribution in [0.1, 0.15) is 29.6 Å². The van der Waals surface area contributed by atoms with Gasteiger partial charge in [-0.1, -0.05) is 6.07 Å². The summed E-state index contributed by atoms with van der Waals surface area (Å²) in [5, 5.41) is 12.1. The van der Waals surface area contributed by atoms with Crippen LogP contribution in [0.4, 0.5) is 4.39 Å². The first-order valence-corrected chi connectivity index (χ1v) is 6.77. The van der Waals surface area contributed by atoms with Gasteiger partial charge in [-0.05, 0) is 53.2 Å². The molecule has 2 atom stereocenters. The molecule has 0 aliphatic heterocycles. The Kier molecular flexibility index (Phi) is 4.35. The molecule has 0 radical (unpaired) electrons. The van der Waals surface area contributed by atoms with Crippen LogP contribution in [0.2, 0.25) is 0 Å². The summed E-state index contributed by atoms with van der Waals surface area (Å²) in [6, 6.07) is 4.64. The summed E-state index contributed by atoms with van der Waals surface area (Å²) in [5.74, 6) is -0.657. The van der Waals surface area contributed by atoms with E-state index in [9.17, 15) is 14.3 Å². The number of carbonyl (C=O) groups is 1. The van der Waals surface area contributed by atoms with Crippen molar-refractivity contribution in [3.63, 3.8) is 0 Å². The van der Waals surface area contributed by atoms with Gasteiger partial charge in [-0.25, -0.2) is 4.39 Å². The van der Waals surface area contributed by atoms with Crippen molar-refractivity contribution in [2.24, 2.45) is 5.92 Å². The molecule has 18 heavy (non-hydrogen) atoms. The second-order valence-electron chi connectivity index (χ2n) is 4.64. The Morgan fingerprint density at radius 2 is 2.28 bits per heavy atom. The van der Waals surface area contributed by atoms with Crippen molar-refractivity contribution in [1.82, 2.24) is 5.32 Å². The number of halogens is 2. The highest BCUT2D eigenvalue weighted by Crippen LogP contribution is 2.25. The number of aliphatic hydroxyl groups is 1. The largest absolute Gasteiger partial charge is 0.393 e. The molecule has 0 aromatic heterocycles. The highest BCUT2D eigenvalue weighted by atomic mass is 79.9. The normalized spacial score (nSPS) is 23.1. The van der Waals surface area contributed by atoms with Gasteiger partial charge < -0.3 is 10.4 Å². The Bertz CT molecular complexity index is 453. The van der Waals surface area contributed by atoms with E-state index >= 15 is 0 Å². The number of nitrogens with one attached hydrogen (secondary N) is 1. The molecule has 3 nitrogen and oxygen atoms in total. The molecule has 2 N–H and O–H groups in total. The predicted molar refractivity (Wildman–Crippen MR) is 69.8 cm³/mol. The summed E-state index contributed by atoms with van der Waals surface area (Å²) in [4.78, 5) is 11.8. The van der Waals surface area contributed by atoms with Crippen molar-refractivity contribution >= 4 is 21.8 Å². The van der Waals surface area contributed by atoms with Crippen LogP contribution in [-0.4, -0.2) is 23.7 Å². The average molecular weight is 316 g/mol. The van der Waals surface area contributed by atoms with Gasteiger partial charge >= 0.3 is 0 Å². The fourth-order valence-electron chi connectivity index (χ4n) is 2.25. The highest BCUT2D eigenvalue weighted by molar-refractivity contribution is 9.10. The summed E-state index contributed by atoms with van der Waals surface area (Å²) < 4.78 is 14.0. The Morgan fingerprint density at radius 1 is 1.50 bits per heavy atom. The topological polar surface area (TPSA) is 49.3 Å². The lowest BCUT2D eigenvalue weighted by Crippen LogP contribution is -2.29. The number of hydrogen-bond acceptors (Lipinski definition) is 2. The molecule has 1 saturated carbocycles. The Labute approximate surface area is 114 Å². The molecule has 1 aliphatic rings. The molecule has 1 amide bonds. The summed E-state index contributed by atoms with van der Waals surface area (Å²) in [5.41, 5.74) is 0.0444. The van der Waals surface area contributed by atoms with Gasteiger partial charge in [-0.15, -0.1) is 0 Å². The molecule has 2 rings (SSSR count). The second kappa shape index (κ2) is 5.80. The summed E-state index contributed by atoms with van der Waals surface area (Å²) in [6.07, 6.45) is 2.14. The van der Waals surface area contributed by atoms with E-state index in [-0.39, 0.29) is 16.1 Å². The molecule has 5 heteroatoms. The Morgan fingerprint density at radius 3 is 2.94 bits per heavy atom. The minimum Gasteiger partial charge on any atom is -0.393 e. The van der Waals surface area contributed by atoms with E-state index in [0.717, 1.165) is 12.8 Å². The summed E-state index contributed by atoms with van der Waals surface area (Å²) >= 11 is 3.05. The average Bonchev–Trinajstić information content (AvgIpc) is 2.76. The van der Waals surface area contributed by atoms with Gasteiger partial charge in [0.05, 0.1) is 16.1 Å². The van der Waals surface area contributed by atoms with Crippen molar-refractivity contribution in [2.75, 3.05) is 6.54 Å². The van der Waals surface area contributed by atoms with Gasteiger partial charge in [0.1, 0.15) is 5.82 Å². The van der Waals surface area contributed by atoms with Gasteiger partial charge in [0.25, 0.3) is 5.91 Å². The van der Waals surface area contributed by atoms with Crippen LogP contribution >= 0.6 is 15.9 Å². The summed E-state index contributed by atoms with van der Waals surface area (Å²) in [7, 11) is 0. The maximum atomic E-state index is 13.7. The molecule has 1 aromatic carbocycles. The lowest BCUT2D eigenvalue weighted by atomic mass is 10.1. The van der Waals surface area contributed by atoms with E-state index in [4.69, 9.17) is 0 Å². The van der Waals surface area contributed by atoms with Crippen molar-refractivity contribution < 1.29 is 14.3 Å². The minimum atomic E-state index is -0.540. The van der Waals surface area contributed by atoms with Crippen LogP contribution in [0.15, 0.2) is 22.7 Å². The molecular formula is C13H15BrFNO2. The smallest absolute Gasteiger partial charge is 0.254 e. The first-order chi connectivity index (χ1) is 8.58. The fourth-order valence-corrected chi connectivity index (χ4v) is 2.61. The Balaban J connectivity index is 1.94. The van der Waals surface area contributed by atoms with Crippen molar-refractivity contribution in [2.45, 2.75) is 25.4 Å². The standard InChI is InChI=1S/C13H15BrFNO2/c14-11-3-1-2-10(12(11)15)13(18)16-7-8-4-5-9(17)6-8/h1-3,8-9,17H,4-7H2,(H,16,18)/t8-,9+/m0/s1. The third-order valence-corrected chi connectivity index (χ3v) is 3.87. The third kappa shape index (κ3) is 3.09. The highest BCUT2D eigenvalue weighted by Gasteiger charge is 2.23. The van der Waals surface area contributed by atoms with Gasteiger partial charge in [0.2, 0.25) is 0 Å². The maximum Gasteiger partial charge on any atom is 0.254 e. The van der Waals surface area contributed by atoms with Gasteiger partial charge in [0.15, 0.2) is 0 Å². The van der Waals surface area contributed by atoms with Crippen LogP contribution in [-0.2, 0) is 0 Å². The molecule has 0 bridgehead atoms. The van der Waals surface area contributed by atoms with Crippen LogP contribution in [0.25, 0.3) is 0 Å². The number of hydrogen-bond donors (Lipinski definition) is 2. The van der Waals surface area contributed by atoms with Crippen LogP contribution in [0.3, 0.4) is 0 Å². The van der Waals surface area contributed by atoms with E-state index in [1.807, 2.05) is 0 Å². The first-order valence-electron chi connectivity index (χ1n) is 5.98. The molecule has 1 aromatic rings. The van der Waals surface area contributed by atoms with Crippen molar-refractivity contribution in [3.05, 3.63) is 34.1 Å². The molecule has 0 unspecified atom stereocenters. The first kappa shape index (κ1) is 13.5. The second-order valence-corrected chi connectivity index (χ2v) is 5.50. The van der Waals surface area contributed by atoms with E-state index in [1.165, 1.54) is 6.07 Å². The van der Waals surface area contributed by atoms with Crippen molar-refractivity contribution in [3.8, 4) is 0 Å². The molecule has 0 spiro atoms. The summed E-state index contributed by atoms with van der Waals surface area (Å²) in [6.45, 7) is 0.488. The van der Waals surface area contributed by atoms with E-state index < -0.39 is 11.7 Å². The fraction of sp³-hybridized carbons (Fsp3) is 0.462. The number of rotatable bonds is 3. The minimum absolute atomic E-state index is 0.0444. The van der Waals surface area contributed by atoms with Crippen LogP contribution in [0, 0.1) is 11.7 Å². The number of benzene rings is 1. The zero-order valence-electron chi connectivity index (χ0n) is 9.83. The lowest BCUT2D eigenvalue weighted by Gasteiger charge is -2.11. The predicted octanol–water partition coefficient (Wildman–Crippen LogP) is 2.48. The van der Waals surface area contributed by atoms with Gasteiger partial charge in [-0.3, -0.25) is 4.79 Å². The van der Waals surface area contributed by atoms with Crippen LogP contribution in [0.5, 0.6) is 0 Å². The van der Waals surface area contributed by atoms with E-state index in [0.29, 0.717) is 18.9 Å². The monoisotopic (exact) mass is 315 g/mol. The van der Waals surface area contributed by atoms with E-state index in [2.05, 4.69) is 21.2 Å². The molecule has 0 heterocycles. The van der Waals surface area contributed by atoms with Gasteiger partial charge in [-0.2, -0.15) is 0 Å². The van der Waals surface area contributed by atoms with E-state index in [1.54, 1.807) is 12.1 Å². The van der Waals surface area contributed by atoms with Gasteiger partial charge in [0, 0.05) is 6.54 Å². The van der Waals surface area contributed by atoms with Crippen molar-refractivity contribution in [1.29, 1.82) is 0 Å². The number of amides is 1. The SMILES string of the molecule is O=C(NC[C@H]1CC[C@@H](O)C1)c1cccc(Br)c1F. The zero-order chi connectivity index (χ0) is 13.1. The number of carbonyl (C=O) groups excluding carboxylic acids is 1. The van der Waals surface area contributed by atoms with Crippen LogP contribution < -0.4 is 5.32 Å². The molecule has 0 saturated heterocycles. The quantitative estimate of drug-likeness (QED) is 0.900. The lowest BCUT2D eigenvalue weighted by molar-refractivity contribution is 0.0941. The molecular weight excluding hydrogens is 301 g/mol. The zero-order valence-corrected chi connectivity index (χ0v) is 11.4. The molecule has 98 valence electrons. The maximum absolute atomic E-state index is 13.7.